The fourth-order valence-corrected chi connectivity index (χ4v) is 3.69. The lowest BCUT2D eigenvalue weighted by atomic mass is 10.1. The van der Waals surface area contributed by atoms with E-state index < -0.39 is 17.6 Å². The molecule has 154 valence electrons. The summed E-state index contributed by atoms with van der Waals surface area (Å²) < 4.78 is 43.1. The molecule has 2 heterocycles. The molecule has 1 aromatic carbocycles. The minimum Gasteiger partial charge on any atom is -0.354 e. The summed E-state index contributed by atoms with van der Waals surface area (Å²) in [6, 6.07) is 8.84. The van der Waals surface area contributed by atoms with Crippen molar-refractivity contribution >= 4 is 23.4 Å². The lowest BCUT2D eigenvalue weighted by molar-refractivity contribution is -0.137. The number of alkyl halides is 3. The molecular weight excluding hydrogens is 403 g/mol. The highest BCUT2D eigenvalue weighted by molar-refractivity contribution is 7.99. The van der Waals surface area contributed by atoms with Crippen LogP contribution in [0.15, 0.2) is 47.8 Å². The van der Waals surface area contributed by atoms with E-state index in [2.05, 4.69) is 15.5 Å². The lowest BCUT2D eigenvalue weighted by Crippen LogP contribution is -2.18. The Hall–Kier alpha value is -2.75. The zero-order chi connectivity index (χ0) is 21.0. The number of para-hydroxylation sites is 1. The van der Waals surface area contributed by atoms with Crippen molar-refractivity contribution in [1.29, 1.82) is 0 Å². The number of hydrogen-bond acceptors (Lipinski definition) is 4. The molecule has 6 nitrogen and oxygen atoms in total. The molecule has 0 spiro atoms. The Kier molecular flexibility index (Phi) is 6.31. The van der Waals surface area contributed by atoms with Gasteiger partial charge in [-0.2, -0.15) is 13.2 Å². The Labute approximate surface area is 170 Å². The van der Waals surface area contributed by atoms with Gasteiger partial charge in [0.15, 0.2) is 5.16 Å². The highest BCUT2D eigenvalue weighted by Gasteiger charge is 2.33. The number of thioether (sulfide) groups is 1. The van der Waals surface area contributed by atoms with Gasteiger partial charge < -0.3 is 14.5 Å². The van der Waals surface area contributed by atoms with Crippen molar-refractivity contribution < 1.29 is 18.0 Å². The van der Waals surface area contributed by atoms with Crippen molar-refractivity contribution in [2.24, 2.45) is 7.05 Å². The molecule has 0 bridgehead atoms. The second-order valence-electron chi connectivity index (χ2n) is 6.31. The maximum Gasteiger partial charge on any atom is 0.418 e. The SMILES string of the molecule is CCn1c(Cc2cccn2C)nnc1SCC(=O)Nc1ccccc1C(F)(F)F. The van der Waals surface area contributed by atoms with Crippen LogP contribution in [0.2, 0.25) is 0 Å². The van der Waals surface area contributed by atoms with Crippen molar-refractivity contribution in [3.05, 3.63) is 59.7 Å². The number of benzene rings is 1. The summed E-state index contributed by atoms with van der Waals surface area (Å²) in [6.45, 7) is 2.56. The number of nitrogens with zero attached hydrogens (tertiary/aromatic N) is 4. The summed E-state index contributed by atoms with van der Waals surface area (Å²) in [5.74, 6) is 0.148. The van der Waals surface area contributed by atoms with E-state index in [1.165, 1.54) is 18.2 Å². The van der Waals surface area contributed by atoms with E-state index >= 15 is 0 Å². The third kappa shape index (κ3) is 5.00. The van der Waals surface area contributed by atoms with Crippen LogP contribution in [-0.4, -0.2) is 31.0 Å². The summed E-state index contributed by atoms with van der Waals surface area (Å²) in [7, 11) is 1.95. The van der Waals surface area contributed by atoms with Crippen molar-refractivity contribution in [3.8, 4) is 0 Å². The largest absolute Gasteiger partial charge is 0.418 e. The van der Waals surface area contributed by atoms with Gasteiger partial charge in [0.25, 0.3) is 0 Å². The highest BCUT2D eigenvalue weighted by Crippen LogP contribution is 2.34. The maximum absolute atomic E-state index is 13.1. The summed E-state index contributed by atoms with van der Waals surface area (Å²) >= 11 is 1.14. The first-order valence-corrected chi connectivity index (χ1v) is 9.89. The third-order valence-corrected chi connectivity index (χ3v) is 5.31. The first-order chi connectivity index (χ1) is 13.8. The van der Waals surface area contributed by atoms with Crippen LogP contribution >= 0.6 is 11.8 Å². The summed E-state index contributed by atoms with van der Waals surface area (Å²) in [5, 5.41) is 11.2. The molecule has 3 rings (SSSR count). The average Bonchev–Trinajstić information content (AvgIpc) is 3.25. The van der Waals surface area contributed by atoms with E-state index in [4.69, 9.17) is 0 Å². The highest BCUT2D eigenvalue weighted by atomic mass is 32.2. The van der Waals surface area contributed by atoms with Gasteiger partial charge >= 0.3 is 6.18 Å². The summed E-state index contributed by atoms with van der Waals surface area (Å²) in [5.41, 5.74) is -0.0583. The molecule has 0 fully saturated rings. The van der Waals surface area contributed by atoms with Gasteiger partial charge in [0.2, 0.25) is 5.91 Å². The number of anilines is 1. The Balaban J connectivity index is 1.66. The Morgan fingerprint density at radius 2 is 1.93 bits per heavy atom. The van der Waals surface area contributed by atoms with E-state index in [1.807, 2.05) is 41.4 Å². The molecule has 0 saturated carbocycles. The second-order valence-corrected chi connectivity index (χ2v) is 7.25. The smallest absolute Gasteiger partial charge is 0.354 e. The second kappa shape index (κ2) is 8.73. The number of halogens is 3. The van der Waals surface area contributed by atoms with Crippen LogP contribution in [-0.2, 0) is 31.0 Å². The number of nitrogens with one attached hydrogen (secondary N) is 1. The van der Waals surface area contributed by atoms with Crippen molar-refractivity contribution in [1.82, 2.24) is 19.3 Å². The van der Waals surface area contributed by atoms with Crippen molar-refractivity contribution in [3.63, 3.8) is 0 Å². The monoisotopic (exact) mass is 423 g/mol. The van der Waals surface area contributed by atoms with Gasteiger partial charge in [-0.1, -0.05) is 23.9 Å². The molecule has 1 amide bonds. The lowest BCUT2D eigenvalue weighted by Gasteiger charge is -2.13. The van der Waals surface area contributed by atoms with Crippen molar-refractivity contribution in [2.75, 3.05) is 11.1 Å². The third-order valence-electron chi connectivity index (χ3n) is 4.34. The fraction of sp³-hybridized carbons (Fsp3) is 0.316. The van der Waals surface area contributed by atoms with E-state index in [0.717, 1.165) is 29.3 Å². The van der Waals surface area contributed by atoms with Gasteiger partial charge in [0, 0.05) is 31.9 Å². The normalized spacial score (nSPS) is 11.6. The van der Waals surface area contributed by atoms with Crippen LogP contribution < -0.4 is 5.32 Å². The molecule has 0 aliphatic heterocycles. The topological polar surface area (TPSA) is 64.7 Å². The van der Waals surface area contributed by atoms with E-state index in [1.54, 1.807) is 0 Å². The molecule has 0 atom stereocenters. The zero-order valence-corrected chi connectivity index (χ0v) is 16.7. The number of carbonyl (C=O) groups excluding carboxylic acids is 1. The number of carbonyl (C=O) groups is 1. The first kappa shape index (κ1) is 21.0. The van der Waals surface area contributed by atoms with Gasteiger partial charge in [-0.3, -0.25) is 4.79 Å². The van der Waals surface area contributed by atoms with Crippen LogP contribution in [0.4, 0.5) is 18.9 Å². The number of aryl methyl sites for hydroxylation is 1. The minimum atomic E-state index is -4.54. The molecule has 1 N–H and O–H groups in total. The van der Waals surface area contributed by atoms with Gasteiger partial charge in [0.05, 0.1) is 17.0 Å². The predicted molar refractivity (Wildman–Crippen MR) is 105 cm³/mol. The molecule has 10 heteroatoms. The van der Waals surface area contributed by atoms with Crippen LogP contribution in [0.3, 0.4) is 0 Å². The Morgan fingerprint density at radius 3 is 2.59 bits per heavy atom. The molecule has 29 heavy (non-hydrogen) atoms. The van der Waals surface area contributed by atoms with Gasteiger partial charge in [-0.25, -0.2) is 0 Å². The molecular formula is C19H20F3N5OS. The first-order valence-electron chi connectivity index (χ1n) is 8.90. The number of rotatable bonds is 7. The molecule has 3 aromatic rings. The van der Waals surface area contributed by atoms with E-state index in [0.29, 0.717) is 18.1 Å². The van der Waals surface area contributed by atoms with Crippen LogP contribution in [0.1, 0.15) is 24.0 Å². The molecule has 0 radical (unpaired) electrons. The Bertz CT molecular complexity index is 996. The van der Waals surface area contributed by atoms with Crippen LogP contribution in [0.25, 0.3) is 0 Å². The number of amides is 1. The Morgan fingerprint density at radius 1 is 1.17 bits per heavy atom. The molecule has 0 saturated heterocycles. The summed E-state index contributed by atoms with van der Waals surface area (Å²) in [6.07, 6.45) is -2.00. The van der Waals surface area contributed by atoms with Gasteiger partial charge in [-0.05, 0) is 31.2 Å². The van der Waals surface area contributed by atoms with E-state index in [-0.39, 0.29) is 11.4 Å². The number of aromatic nitrogens is 4. The fourth-order valence-electron chi connectivity index (χ4n) is 2.87. The zero-order valence-electron chi connectivity index (χ0n) is 15.9. The molecule has 0 aliphatic carbocycles. The molecule has 0 aliphatic rings. The maximum atomic E-state index is 13.1. The summed E-state index contributed by atoms with van der Waals surface area (Å²) in [4.78, 5) is 12.2. The van der Waals surface area contributed by atoms with Crippen LogP contribution in [0.5, 0.6) is 0 Å². The quantitative estimate of drug-likeness (QED) is 0.584. The molecule has 0 unspecified atom stereocenters. The van der Waals surface area contributed by atoms with Gasteiger partial charge in [0.1, 0.15) is 5.82 Å². The van der Waals surface area contributed by atoms with Crippen LogP contribution in [0, 0.1) is 0 Å². The van der Waals surface area contributed by atoms with Gasteiger partial charge in [-0.15, -0.1) is 10.2 Å². The van der Waals surface area contributed by atoms with E-state index in [9.17, 15) is 18.0 Å². The number of hydrogen-bond donors (Lipinski definition) is 1. The average molecular weight is 423 g/mol. The standard InChI is InChI=1S/C19H20F3N5OS/c1-3-27-16(11-13-7-6-10-26(13)2)24-25-18(27)29-12-17(28)23-15-9-5-4-8-14(15)19(20,21)22/h4-10H,3,11-12H2,1-2H3,(H,23,28). The minimum absolute atomic E-state index is 0.0749. The van der Waals surface area contributed by atoms with Crippen molar-refractivity contribution in [2.45, 2.75) is 31.2 Å². The molecule has 2 aromatic heterocycles. The predicted octanol–water partition coefficient (Wildman–Crippen LogP) is 3.98.